The summed E-state index contributed by atoms with van der Waals surface area (Å²) in [5.74, 6) is 0. The van der Waals surface area contributed by atoms with Crippen LogP contribution in [0.2, 0.25) is 0 Å². The molecular weight excluding hydrogens is 435 g/mol. The van der Waals surface area contributed by atoms with Gasteiger partial charge in [0.25, 0.3) is 0 Å². The van der Waals surface area contributed by atoms with Crippen molar-refractivity contribution < 1.29 is 22.7 Å². The van der Waals surface area contributed by atoms with Crippen LogP contribution in [0.15, 0.2) is 24.3 Å². The van der Waals surface area contributed by atoms with E-state index in [-0.39, 0.29) is 22.8 Å². The summed E-state index contributed by atoms with van der Waals surface area (Å²) in [6, 6.07) is 5.42. The molecular formula is C20H20F3N3O2S2. The molecule has 30 heavy (non-hydrogen) atoms. The van der Waals surface area contributed by atoms with Crippen molar-refractivity contribution in [2.45, 2.75) is 45.0 Å². The Morgan fingerprint density at radius 1 is 1.23 bits per heavy atom. The van der Waals surface area contributed by atoms with Crippen LogP contribution in [0.25, 0.3) is 20.8 Å². The summed E-state index contributed by atoms with van der Waals surface area (Å²) in [5.41, 5.74) is 7.13. The number of nitrogens with two attached hydrogens (primary N) is 1. The summed E-state index contributed by atoms with van der Waals surface area (Å²) in [7, 11) is 0. The number of anilines is 1. The SMILES string of the molecule is CC(C)(C)OC(=O)N1CCc2c(sc(N)c2-c2nc3ccccc3s2)C1C(F)(F)F. The van der Waals surface area contributed by atoms with Gasteiger partial charge >= 0.3 is 12.3 Å². The Labute approximate surface area is 179 Å². The van der Waals surface area contributed by atoms with Crippen molar-refractivity contribution in [1.82, 2.24) is 9.88 Å². The van der Waals surface area contributed by atoms with Crippen LogP contribution in [0.1, 0.15) is 37.3 Å². The minimum atomic E-state index is -4.66. The molecule has 2 aromatic heterocycles. The molecule has 1 aliphatic heterocycles. The fourth-order valence-electron chi connectivity index (χ4n) is 3.53. The first kappa shape index (κ1) is 20.9. The Balaban J connectivity index is 1.80. The van der Waals surface area contributed by atoms with Crippen LogP contribution in [0.4, 0.5) is 23.0 Å². The number of ether oxygens (including phenoxy) is 1. The van der Waals surface area contributed by atoms with Gasteiger partial charge in [-0.2, -0.15) is 13.2 Å². The highest BCUT2D eigenvalue weighted by molar-refractivity contribution is 7.22. The van der Waals surface area contributed by atoms with Crippen molar-refractivity contribution in [2.75, 3.05) is 12.3 Å². The fourth-order valence-corrected chi connectivity index (χ4v) is 5.91. The Morgan fingerprint density at radius 3 is 2.57 bits per heavy atom. The Hall–Kier alpha value is -2.33. The van der Waals surface area contributed by atoms with E-state index >= 15 is 0 Å². The number of fused-ring (bicyclic) bond motifs is 2. The number of rotatable bonds is 1. The van der Waals surface area contributed by atoms with Gasteiger partial charge in [0.1, 0.15) is 10.6 Å². The van der Waals surface area contributed by atoms with E-state index in [4.69, 9.17) is 10.5 Å². The molecule has 0 saturated heterocycles. The maximum atomic E-state index is 14.1. The van der Waals surface area contributed by atoms with Crippen molar-refractivity contribution >= 4 is 44.0 Å². The van der Waals surface area contributed by atoms with Gasteiger partial charge in [0.2, 0.25) is 0 Å². The maximum Gasteiger partial charge on any atom is 0.413 e. The number of alkyl halides is 3. The van der Waals surface area contributed by atoms with E-state index in [1.165, 1.54) is 11.3 Å². The van der Waals surface area contributed by atoms with Gasteiger partial charge in [0, 0.05) is 17.0 Å². The number of nitrogen functional groups attached to an aromatic ring is 1. The lowest BCUT2D eigenvalue weighted by atomic mass is 9.97. The second-order valence-corrected chi connectivity index (χ2v) is 10.2. The van der Waals surface area contributed by atoms with Crippen molar-refractivity contribution in [3.8, 4) is 10.6 Å². The van der Waals surface area contributed by atoms with E-state index in [0.29, 0.717) is 16.1 Å². The van der Waals surface area contributed by atoms with Crippen molar-refractivity contribution in [3.63, 3.8) is 0 Å². The lowest BCUT2D eigenvalue weighted by molar-refractivity contribution is -0.184. The predicted molar refractivity (Wildman–Crippen MR) is 113 cm³/mol. The maximum absolute atomic E-state index is 14.1. The smallest absolute Gasteiger partial charge is 0.413 e. The third-order valence-electron chi connectivity index (χ3n) is 4.67. The van der Waals surface area contributed by atoms with E-state index in [2.05, 4.69) is 4.98 Å². The first-order valence-electron chi connectivity index (χ1n) is 9.29. The molecule has 1 unspecified atom stereocenters. The number of aromatic nitrogens is 1. The number of nitrogens with zero attached hydrogens (tertiary/aromatic N) is 2. The first-order valence-corrected chi connectivity index (χ1v) is 10.9. The number of carbonyl (C=O) groups is 1. The van der Waals surface area contributed by atoms with Crippen LogP contribution in [0, 0.1) is 0 Å². The monoisotopic (exact) mass is 455 g/mol. The molecule has 1 amide bonds. The molecule has 3 heterocycles. The van der Waals surface area contributed by atoms with Gasteiger partial charge in [0.15, 0.2) is 6.04 Å². The van der Waals surface area contributed by atoms with Gasteiger partial charge in [-0.25, -0.2) is 9.78 Å². The number of hydrogen-bond acceptors (Lipinski definition) is 6. The number of thiophene rings is 1. The average molecular weight is 456 g/mol. The molecule has 0 radical (unpaired) electrons. The molecule has 4 rings (SSSR count). The van der Waals surface area contributed by atoms with E-state index in [1.54, 1.807) is 20.8 Å². The van der Waals surface area contributed by atoms with Crippen molar-refractivity contribution in [3.05, 3.63) is 34.7 Å². The quantitative estimate of drug-likeness (QED) is 0.488. The summed E-state index contributed by atoms with van der Waals surface area (Å²) < 4.78 is 48.4. The molecule has 2 N–H and O–H groups in total. The van der Waals surface area contributed by atoms with E-state index in [9.17, 15) is 18.0 Å². The second-order valence-electron chi connectivity index (χ2n) is 8.04. The van der Waals surface area contributed by atoms with Gasteiger partial charge in [-0.3, -0.25) is 4.90 Å². The zero-order chi connectivity index (χ0) is 21.8. The second kappa shape index (κ2) is 7.12. The zero-order valence-electron chi connectivity index (χ0n) is 16.5. The van der Waals surface area contributed by atoms with Gasteiger partial charge in [0.05, 0.1) is 15.2 Å². The number of hydrogen-bond donors (Lipinski definition) is 1. The van der Waals surface area contributed by atoms with Crippen molar-refractivity contribution in [1.29, 1.82) is 0 Å². The summed E-state index contributed by atoms with van der Waals surface area (Å²) >= 11 is 2.27. The number of thiazole rings is 1. The molecule has 5 nitrogen and oxygen atoms in total. The average Bonchev–Trinajstić information content (AvgIpc) is 3.17. The molecule has 0 spiro atoms. The summed E-state index contributed by atoms with van der Waals surface area (Å²) in [4.78, 5) is 17.9. The molecule has 160 valence electrons. The third kappa shape index (κ3) is 3.74. The van der Waals surface area contributed by atoms with Crippen molar-refractivity contribution in [2.24, 2.45) is 0 Å². The van der Waals surface area contributed by atoms with Gasteiger partial charge in [-0.1, -0.05) is 12.1 Å². The van der Waals surface area contributed by atoms with E-state index in [0.717, 1.165) is 26.5 Å². The minimum absolute atomic E-state index is 0.0337. The normalized spacial score (nSPS) is 17.3. The molecule has 1 aromatic carbocycles. The summed E-state index contributed by atoms with van der Waals surface area (Å²) in [5, 5.41) is 0.872. The van der Waals surface area contributed by atoms with Crippen LogP contribution in [0.3, 0.4) is 0 Å². The molecule has 0 aliphatic carbocycles. The van der Waals surface area contributed by atoms with Crippen LogP contribution in [-0.4, -0.2) is 34.3 Å². The number of benzene rings is 1. The summed E-state index contributed by atoms with van der Waals surface area (Å²) in [6.07, 6.45) is -5.39. The number of halogens is 3. The van der Waals surface area contributed by atoms with Crippen LogP contribution >= 0.6 is 22.7 Å². The highest BCUT2D eigenvalue weighted by Crippen LogP contribution is 2.51. The zero-order valence-corrected chi connectivity index (χ0v) is 18.2. The molecule has 0 bridgehead atoms. The number of carbonyl (C=O) groups excluding carboxylic acids is 1. The molecule has 1 aliphatic rings. The fraction of sp³-hybridized carbons (Fsp3) is 0.400. The minimum Gasteiger partial charge on any atom is -0.444 e. The van der Waals surface area contributed by atoms with Crippen LogP contribution in [0.5, 0.6) is 0 Å². The van der Waals surface area contributed by atoms with Crippen LogP contribution < -0.4 is 5.73 Å². The molecule has 0 fully saturated rings. The van der Waals surface area contributed by atoms with E-state index in [1.807, 2.05) is 24.3 Å². The molecule has 3 aromatic rings. The summed E-state index contributed by atoms with van der Waals surface area (Å²) in [6.45, 7) is 4.76. The van der Waals surface area contributed by atoms with E-state index < -0.39 is 23.9 Å². The largest absolute Gasteiger partial charge is 0.444 e. The lowest BCUT2D eigenvalue weighted by Crippen LogP contribution is -2.47. The highest BCUT2D eigenvalue weighted by Gasteiger charge is 2.52. The molecule has 1 atom stereocenters. The predicted octanol–water partition coefficient (Wildman–Crippen LogP) is 6.00. The number of amides is 1. The molecule has 10 heteroatoms. The highest BCUT2D eigenvalue weighted by atomic mass is 32.1. The van der Waals surface area contributed by atoms with Gasteiger partial charge < -0.3 is 10.5 Å². The van der Waals surface area contributed by atoms with Crippen LogP contribution in [-0.2, 0) is 11.2 Å². The Kier molecular flexibility index (Phi) is 4.97. The lowest BCUT2D eigenvalue weighted by Gasteiger charge is -2.37. The van der Waals surface area contributed by atoms with Gasteiger partial charge in [-0.05, 0) is 44.9 Å². The first-order chi connectivity index (χ1) is 14.0. The Morgan fingerprint density at radius 2 is 1.93 bits per heavy atom. The molecule has 0 saturated carbocycles. The topological polar surface area (TPSA) is 68.5 Å². The number of para-hydroxylation sites is 1. The third-order valence-corrected chi connectivity index (χ3v) is 6.84. The standard InChI is InChI=1S/C20H20F3N3O2S2/c1-19(2,3)28-18(27)26-9-8-10-13(16(24)30-14(10)15(26)20(21,22)23)17-25-11-6-4-5-7-12(11)29-17/h4-7,15H,8-9,24H2,1-3H3. The van der Waals surface area contributed by atoms with Gasteiger partial charge in [-0.15, -0.1) is 22.7 Å². The Bertz CT molecular complexity index is 1080.